The molecule has 0 fully saturated rings. The molecule has 158 valence electrons. The normalized spacial score (nSPS) is 10.9. The minimum Gasteiger partial charge on any atom is -0.458 e. The number of benzene rings is 3. The Morgan fingerprint density at radius 2 is 1.47 bits per heavy atom. The molecule has 1 heterocycles. The Labute approximate surface area is 188 Å². The summed E-state index contributed by atoms with van der Waals surface area (Å²) in [6.45, 7) is 4.14. The Hall–Kier alpha value is -4.05. The van der Waals surface area contributed by atoms with E-state index in [0.29, 0.717) is 5.69 Å². The number of ether oxygens (including phenoxy) is 1. The van der Waals surface area contributed by atoms with Crippen LogP contribution in [0.5, 0.6) is 0 Å². The van der Waals surface area contributed by atoms with Gasteiger partial charge in [0.15, 0.2) is 0 Å². The second-order valence-corrected chi connectivity index (χ2v) is 7.43. The summed E-state index contributed by atoms with van der Waals surface area (Å²) in [7, 11) is 0. The predicted octanol–water partition coefficient (Wildman–Crippen LogP) is 5.68. The van der Waals surface area contributed by atoms with E-state index in [1.54, 1.807) is 17.8 Å². The molecule has 4 heteroatoms. The van der Waals surface area contributed by atoms with Crippen molar-refractivity contribution in [1.29, 1.82) is 0 Å². The number of esters is 1. The fraction of sp³-hybridized carbons (Fsp3) is 0.107. The van der Waals surface area contributed by atoms with E-state index >= 15 is 0 Å². The summed E-state index contributed by atoms with van der Waals surface area (Å²) in [4.78, 5) is 13.0. The van der Waals surface area contributed by atoms with Crippen LogP contribution in [0.25, 0.3) is 22.4 Å². The molecular formula is C28H25N2O2+. The Morgan fingerprint density at radius 3 is 2.09 bits per heavy atom. The van der Waals surface area contributed by atoms with Gasteiger partial charge in [-0.15, -0.1) is 0 Å². The van der Waals surface area contributed by atoms with E-state index < -0.39 is 5.97 Å². The highest BCUT2D eigenvalue weighted by Gasteiger charge is 2.28. The van der Waals surface area contributed by atoms with Gasteiger partial charge in [0.05, 0.1) is 6.61 Å². The maximum Gasteiger partial charge on any atom is 0.406 e. The summed E-state index contributed by atoms with van der Waals surface area (Å²) in [5.41, 5.74) is 6.20. The van der Waals surface area contributed by atoms with Gasteiger partial charge >= 0.3 is 11.7 Å². The summed E-state index contributed by atoms with van der Waals surface area (Å²) >= 11 is 0. The molecule has 0 saturated heterocycles. The third kappa shape index (κ3) is 4.81. The van der Waals surface area contributed by atoms with Gasteiger partial charge in [-0.2, -0.15) is 0 Å². The molecule has 0 spiro atoms. The smallest absolute Gasteiger partial charge is 0.406 e. The lowest BCUT2D eigenvalue weighted by Crippen LogP contribution is -2.39. The lowest BCUT2D eigenvalue weighted by atomic mass is 10.0. The van der Waals surface area contributed by atoms with Gasteiger partial charge in [-0.3, -0.25) is 0 Å². The van der Waals surface area contributed by atoms with Gasteiger partial charge in [-0.05, 0) is 52.4 Å². The van der Waals surface area contributed by atoms with Gasteiger partial charge in [0, 0.05) is 17.7 Å². The lowest BCUT2D eigenvalue weighted by molar-refractivity contribution is -0.669. The molecule has 32 heavy (non-hydrogen) atoms. The predicted molar refractivity (Wildman–Crippen MR) is 128 cm³/mol. The fourth-order valence-corrected chi connectivity index (χ4v) is 3.45. The first-order valence-corrected chi connectivity index (χ1v) is 10.6. The number of carbonyl (C=O) groups excluding carboxylic acids is 1. The monoisotopic (exact) mass is 421 g/mol. The van der Waals surface area contributed by atoms with Crippen molar-refractivity contribution >= 4 is 12.2 Å². The van der Waals surface area contributed by atoms with Crippen molar-refractivity contribution in [3.05, 3.63) is 114 Å². The van der Waals surface area contributed by atoms with Crippen LogP contribution in [-0.2, 0) is 4.74 Å². The highest BCUT2D eigenvalue weighted by atomic mass is 16.5. The first kappa shape index (κ1) is 21.2. The van der Waals surface area contributed by atoms with Crippen molar-refractivity contribution in [1.82, 2.24) is 0 Å². The number of nitrogens with zero attached hydrogens (tertiary/aromatic N) is 2. The van der Waals surface area contributed by atoms with Gasteiger partial charge in [-0.1, -0.05) is 78.4 Å². The second-order valence-electron chi connectivity index (χ2n) is 7.43. The summed E-state index contributed by atoms with van der Waals surface area (Å²) in [5, 5.41) is 4.71. The Balaban J connectivity index is 1.93. The topological polar surface area (TPSA) is 42.5 Å². The maximum atomic E-state index is 13.0. The van der Waals surface area contributed by atoms with Crippen molar-refractivity contribution in [2.45, 2.75) is 13.8 Å². The molecule has 4 aromatic rings. The van der Waals surface area contributed by atoms with Gasteiger partial charge in [0.1, 0.15) is 6.21 Å². The van der Waals surface area contributed by atoms with Crippen molar-refractivity contribution in [2.24, 2.45) is 5.10 Å². The lowest BCUT2D eigenvalue weighted by Gasteiger charge is -2.08. The summed E-state index contributed by atoms with van der Waals surface area (Å²) in [6.07, 6.45) is 1.76. The molecule has 0 aliphatic heterocycles. The number of carbonyl (C=O) groups is 1. The average molecular weight is 422 g/mol. The zero-order valence-electron chi connectivity index (χ0n) is 18.2. The Morgan fingerprint density at radius 1 is 0.844 bits per heavy atom. The number of pyridine rings is 1. The molecule has 0 aliphatic rings. The standard InChI is InChI=1S/C28H25N2O2/c1-3-32-28(31)27-19-25(23-10-6-4-7-11-23)18-26(24-12-8-5-9-13-24)30(27)29-20-22-16-14-21(2)15-17-22/h4-20H,3H2,1-2H3/q+1/b29-20+. The third-order valence-electron chi connectivity index (χ3n) is 5.10. The first-order valence-electron chi connectivity index (χ1n) is 10.6. The molecule has 4 rings (SSSR count). The van der Waals surface area contributed by atoms with Gasteiger partial charge in [0.2, 0.25) is 5.69 Å². The largest absolute Gasteiger partial charge is 0.458 e. The van der Waals surface area contributed by atoms with Crippen LogP contribution < -0.4 is 4.68 Å². The molecule has 0 N–H and O–H groups in total. The summed E-state index contributed by atoms with van der Waals surface area (Å²) < 4.78 is 7.05. The van der Waals surface area contributed by atoms with Crippen molar-refractivity contribution in [3.8, 4) is 22.4 Å². The Bertz CT molecular complexity index is 1230. The van der Waals surface area contributed by atoms with Crippen LogP contribution in [0.2, 0.25) is 0 Å². The van der Waals surface area contributed by atoms with Crippen LogP contribution in [0.4, 0.5) is 0 Å². The van der Waals surface area contributed by atoms with E-state index in [9.17, 15) is 4.79 Å². The van der Waals surface area contributed by atoms with E-state index in [-0.39, 0.29) is 6.61 Å². The number of aromatic nitrogens is 1. The molecule has 0 unspecified atom stereocenters. The molecule has 0 radical (unpaired) electrons. The second kappa shape index (κ2) is 9.84. The molecule has 0 bridgehead atoms. The summed E-state index contributed by atoms with van der Waals surface area (Å²) in [5.74, 6) is -0.413. The zero-order valence-corrected chi connectivity index (χ0v) is 18.2. The van der Waals surface area contributed by atoms with Crippen LogP contribution in [0.3, 0.4) is 0 Å². The average Bonchev–Trinajstić information content (AvgIpc) is 2.84. The van der Waals surface area contributed by atoms with E-state index in [1.807, 2.05) is 97.9 Å². The van der Waals surface area contributed by atoms with Crippen LogP contribution in [0.15, 0.2) is 102 Å². The molecular weight excluding hydrogens is 396 g/mol. The SMILES string of the molecule is CCOC(=O)c1cc(-c2ccccc2)cc(-c2ccccc2)[n+]1/N=C/c1ccc(C)cc1. The minimum absolute atomic E-state index is 0.288. The zero-order chi connectivity index (χ0) is 22.3. The first-order chi connectivity index (χ1) is 15.7. The molecule has 4 nitrogen and oxygen atoms in total. The number of aryl methyl sites for hydroxylation is 1. The van der Waals surface area contributed by atoms with Crippen LogP contribution in [-0.4, -0.2) is 18.8 Å². The molecule has 0 saturated carbocycles. The van der Waals surface area contributed by atoms with E-state index in [2.05, 4.69) is 6.07 Å². The van der Waals surface area contributed by atoms with Crippen molar-refractivity contribution < 1.29 is 14.2 Å². The Kier molecular flexibility index (Phi) is 6.52. The fourth-order valence-electron chi connectivity index (χ4n) is 3.45. The van der Waals surface area contributed by atoms with E-state index in [4.69, 9.17) is 9.84 Å². The highest BCUT2D eigenvalue weighted by molar-refractivity contribution is 5.88. The van der Waals surface area contributed by atoms with E-state index in [1.165, 1.54) is 5.56 Å². The third-order valence-corrected chi connectivity index (χ3v) is 5.10. The molecule has 0 atom stereocenters. The van der Waals surface area contributed by atoms with Crippen LogP contribution in [0.1, 0.15) is 28.5 Å². The van der Waals surface area contributed by atoms with Gasteiger partial charge in [0.25, 0.3) is 0 Å². The molecule has 1 aromatic heterocycles. The van der Waals surface area contributed by atoms with Crippen molar-refractivity contribution in [3.63, 3.8) is 0 Å². The van der Waals surface area contributed by atoms with Gasteiger partial charge in [-0.25, -0.2) is 4.79 Å². The highest BCUT2D eigenvalue weighted by Crippen LogP contribution is 2.25. The number of hydrogen-bond donors (Lipinski definition) is 0. The quantitative estimate of drug-likeness (QED) is 0.228. The molecule has 3 aromatic carbocycles. The number of hydrogen-bond acceptors (Lipinski definition) is 3. The van der Waals surface area contributed by atoms with E-state index in [0.717, 1.165) is 27.9 Å². The minimum atomic E-state index is -0.413. The van der Waals surface area contributed by atoms with Crippen LogP contribution in [0, 0.1) is 6.92 Å². The summed E-state index contributed by atoms with van der Waals surface area (Å²) in [6, 6.07) is 31.9. The van der Waals surface area contributed by atoms with Crippen LogP contribution >= 0.6 is 0 Å². The molecule has 0 aliphatic carbocycles. The van der Waals surface area contributed by atoms with Gasteiger partial charge < -0.3 is 4.74 Å². The number of rotatable bonds is 6. The molecule has 0 amide bonds. The van der Waals surface area contributed by atoms with Crippen molar-refractivity contribution in [2.75, 3.05) is 6.61 Å². The maximum absolute atomic E-state index is 13.0.